The molecule has 0 radical (unpaired) electrons. The Bertz CT molecular complexity index is 2090. The maximum atomic E-state index is 9.57. The molecule has 658 valence electrons. The molecule has 0 rings (SSSR count). The van der Waals surface area contributed by atoms with E-state index in [2.05, 4.69) is 220 Å². The number of quaternary nitrogens is 7. The summed E-state index contributed by atoms with van der Waals surface area (Å²) in [5.41, 5.74) is 0. The molecule has 0 aliphatic heterocycles. The first-order valence-corrected chi connectivity index (χ1v) is 39.8. The molecule has 0 aliphatic rings. The molecule has 0 bridgehead atoms. The molecule has 0 aromatic heterocycles. The Morgan fingerprint density at radius 1 is 0.284 bits per heavy atom. The summed E-state index contributed by atoms with van der Waals surface area (Å²) < 4.78 is 5.89. The molecule has 0 spiro atoms. The molecule has 0 aromatic carbocycles. The number of allylic oxidation sites excluding steroid dienone is 6. The summed E-state index contributed by atoms with van der Waals surface area (Å²) in [5, 5.41) is 81.8. The Morgan fingerprint density at radius 2 is 0.486 bits per heavy atom. The Morgan fingerprint density at radius 3 is 0.679 bits per heavy atom. The van der Waals surface area contributed by atoms with Gasteiger partial charge in [-0.2, -0.15) is 0 Å². The predicted octanol–water partition coefficient (Wildman–Crippen LogP) is -0.352. The minimum Gasteiger partial charge on any atom is -1.00 e. The van der Waals surface area contributed by atoms with Crippen molar-refractivity contribution in [2.75, 3.05) is 358 Å². The molecule has 30 heteroatoms. The minimum absolute atomic E-state index is 0. The van der Waals surface area contributed by atoms with E-state index in [9.17, 15) is 30.6 Å². The first kappa shape index (κ1) is 131. The van der Waals surface area contributed by atoms with Gasteiger partial charge in [0.25, 0.3) is 0 Å². The number of hydrogen-bond acceptors (Lipinski definition) is 13. The molecule has 13 N–H and O–H groups in total. The average Bonchev–Trinajstić information content (AvgIpc) is 0.878. The second-order valence-electron chi connectivity index (χ2n) is 29.9. The van der Waals surface area contributed by atoms with Gasteiger partial charge >= 0.3 is 0 Å². The van der Waals surface area contributed by atoms with Gasteiger partial charge in [0.2, 0.25) is 0 Å². The van der Waals surface area contributed by atoms with Crippen molar-refractivity contribution in [3.05, 3.63) is 134 Å². The summed E-state index contributed by atoms with van der Waals surface area (Å²) in [4.78, 5) is 8.07. The fourth-order valence-electron chi connectivity index (χ4n) is 9.32. The monoisotopic (exact) mass is 1730 g/mol. The number of aliphatic hydroxyl groups excluding tert-OH is 9. The quantitative estimate of drug-likeness (QED) is 0.0215. The van der Waals surface area contributed by atoms with E-state index >= 15 is 0 Å². The van der Waals surface area contributed by atoms with Crippen molar-refractivity contribution in [1.29, 1.82) is 0 Å². The van der Waals surface area contributed by atoms with Crippen molar-refractivity contribution < 1.29 is 116 Å². The average molecular weight is 1740 g/mol. The van der Waals surface area contributed by atoms with Gasteiger partial charge in [0.1, 0.15) is 19.6 Å². The highest BCUT2D eigenvalue weighted by molar-refractivity contribution is 6.20. The van der Waals surface area contributed by atoms with Crippen LogP contribution in [0, 0.1) is 0 Å². The molecular formula is C79H170Cl8N11O11+5. The topological polar surface area (TPSA) is 258 Å². The van der Waals surface area contributed by atoms with Crippen LogP contribution >= 0.6 is 69.6 Å². The van der Waals surface area contributed by atoms with E-state index in [4.69, 9.17) is 84.9 Å². The summed E-state index contributed by atoms with van der Waals surface area (Å²) in [6.07, 6.45) is 47.1. The molecule has 0 heterocycles. The summed E-state index contributed by atoms with van der Waals surface area (Å²) in [6, 6.07) is -0.151. The first-order valence-electron chi connectivity index (χ1n) is 36.6. The van der Waals surface area contributed by atoms with E-state index in [1.165, 1.54) is 0 Å². The largest absolute Gasteiger partial charge is 1.00 e. The molecule has 1 atom stereocenters. The summed E-state index contributed by atoms with van der Waals surface area (Å²) in [5.74, 6) is 3.50. The molecule has 0 aliphatic carbocycles. The molecule has 0 saturated heterocycles. The number of rotatable bonds is 56. The van der Waals surface area contributed by atoms with Crippen molar-refractivity contribution in [2.24, 2.45) is 0 Å². The van der Waals surface area contributed by atoms with Crippen LogP contribution in [0.25, 0.3) is 0 Å². The normalized spacial score (nSPS) is 12.9. The van der Waals surface area contributed by atoms with Gasteiger partial charge < -0.3 is 123 Å². The predicted molar refractivity (Wildman–Crippen MR) is 471 cm³/mol. The summed E-state index contributed by atoms with van der Waals surface area (Å²) in [6.45, 7) is 18.9. The molecule has 109 heavy (non-hydrogen) atoms. The maximum Gasteiger partial charge on any atom is 0.102 e. The van der Waals surface area contributed by atoms with E-state index in [1.807, 2.05) is 41.4 Å². The number of likely N-dealkylation sites (N-methyl/N-ethyl adjacent to an activating group) is 8. The van der Waals surface area contributed by atoms with Crippen LogP contribution in [0.4, 0.5) is 0 Å². The van der Waals surface area contributed by atoms with Gasteiger partial charge in [0.05, 0.1) is 223 Å². The lowest BCUT2D eigenvalue weighted by Crippen LogP contribution is -3.00. The first-order chi connectivity index (χ1) is 49.1. The zero-order chi connectivity index (χ0) is 80.5. The van der Waals surface area contributed by atoms with Crippen LogP contribution in [0.3, 0.4) is 0 Å². The van der Waals surface area contributed by atoms with Crippen LogP contribution in [0.5, 0.6) is 0 Å². The van der Waals surface area contributed by atoms with E-state index in [-0.39, 0.29) is 112 Å². The van der Waals surface area contributed by atoms with Gasteiger partial charge in [-0.05, 0) is 114 Å². The van der Waals surface area contributed by atoms with Gasteiger partial charge in [-0.15, -0.1) is 69.6 Å². The van der Waals surface area contributed by atoms with Gasteiger partial charge in [-0.3, -0.25) is 9.80 Å². The van der Waals surface area contributed by atoms with Crippen LogP contribution in [0.15, 0.2) is 134 Å². The van der Waals surface area contributed by atoms with E-state index < -0.39 is 0 Å². The Hall–Kier alpha value is -1.42. The molecule has 22 nitrogen and oxygen atoms in total. The minimum atomic E-state index is -0.151. The zero-order valence-electron chi connectivity index (χ0n) is 69.8. The van der Waals surface area contributed by atoms with E-state index in [1.54, 1.807) is 4.90 Å². The van der Waals surface area contributed by atoms with Crippen molar-refractivity contribution in [3.8, 4) is 0 Å². The fraction of sp³-hybridized carbons (Fsp3) is 0.722. The Labute approximate surface area is 712 Å². The third-order valence-corrected chi connectivity index (χ3v) is 17.0. The van der Waals surface area contributed by atoms with Gasteiger partial charge in [0.15, 0.2) is 0 Å². The van der Waals surface area contributed by atoms with Crippen molar-refractivity contribution in [2.45, 2.75) is 19.9 Å². The lowest BCUT2D eigenvalue weighted by Gasteiger charge is -2.36. The molecule has 0 amide bonds. The van der Waals surface area contributed by atoms with E-state index in [0.29, 0.717) is 105 Å². The maximum absolute atomic E-state index is 9.57. The number of aliphatic hydroxyl groups is 9. The fourth-order valence-corrected chi connectivity index (χ4v) is 10.1. The van der Waals surface area contributed by atoms with Crippen molar-refractivity contribution >= 4 is 69.6 Å². The van der Waals surface area contributed by atoms with Crippen LogP contribution in [-0.2, 0) is 0 Å². The highest BCUT2D eigenvalue weighted by Crippen LogP contribution is 2.10. The summed E-state index contributed by atoms with van der Waals surface area (Å²) >= 11 is 33.0. The standard InChI is InChI=1S/C28H59N4O6.2C16H30Cl2N2.C8H18N2.C6H15NO3.C4H6Cl2.CH4.2ClH.2H2O.2H2/c1-30(2,14-6-5-12-29(13-23-34)28(27-38)11-22-33)15-7-8-16-31(3,4)17-9-10-18-32(19-24-35,20-25-36)21-26-37;2*1-19(2,13-7-5-11-17)15-9-10-16-20(3,4)14-8-6-12-18;1-9(2)7-5-6-8-10(3)4;8-4-1-7(2-5-9)3-6-10;5-3-1-2-4-6;;;;;;;/h5-10,28,33-38H,11-27H2,1-4H3;2*5-10H,11-16H2,1-4H3;5-6H,7-8H2,1-4H3;8-10H,1-6H2;1-2H,3-4H2;1H4;2*1H;2*1H2;2*1H/q+3;2*+2;;;;;;;;;;/p-2/b6-5+,8-7+,10-9+;2*7-5+,8-6+,10-9+;6-5+;;2-1+;;;;;;;/i;;;;;;;;;;;2*1+1. The molecule has 1 unspecified atom stereocenters. The lowest BCUT2D eigenvalue weighted by molar-refractivity contribution is -0.923. The van der Waals surface area contributed by atoms with E-state index in [0.717, 1.165) is 119 Å². The number of hydrogen-bond donors (Lipinski definition) is 9. The van der Waals surface area contributed by atoms with Gasteiger partial charge in [-0.25, -0.2) is 0 Å². The van der Waals surface area contributed by atoms with Crippen LogP contribution in [-0.4, -0.2) is 472 Å². The van der Waals surface area contributed by atoms with Crippen molar-refractivity contribution in [3.63, 3.8) is 0 Å². The molecule has 0 fully saturated rings. The zero-order valence-corrected chi connectivity index (χ0v) is 75.9. The second kappa shape index (κ2) is 87.4. The molecular weight excluding hydrogens is 1560 g/mol. The smallest absolute Gasteiger partial charge is 0.102 e. The van der Waals surface area contributed by atoms with Gasteiger partial charge in [-0.1, -0.05) is 62.1 Å². The second-order valence-corrected chi connectivity index (χ2v) is 31.7. The van der Waals surface area contributed by atoms with Crippen LogP contribution in [0.1, 0.15) is 16.7 Å². The molecule has 0 aromatic rings. The number of halogens is 8. The molecule has 0 saturated carbocycles. The SMILES string of the molecule is C.CN(C)C/C=C/CN(C)C.C[N+](C)(C/C=C/CCl)C/C=C/C[N+](C)(C)C/C=C/CCl.C[N+](C)(C/C=C/CCl)C/C=C/C[N+](C)(C)C/C=C/CCl.C[N+](C)(C/C=C/CN(CCO)C(CO)CCO)C/C=C/C[N+](C)(C)C/C=C/C[N+](CCO)(CCO)CCO.ClC/C=C/CCl.O.O.OCCN(CCO)CCO.[2HH].[2HH].[Cl-].[Cl-]. The van der Waals surface area contributed by atoms with Crippen molar-refractivity contribution in [1.82, 2.24) is 19.6 Å². The van der Waals surface area contributed by atoms with Crippen LogP contribution in [0.2, 0.25) is 0 Å². The van der Waals surface area contributed by atoms with Crippen LogP contribution < -0.4 is 24.8 Å². The highest BCUT2D eigenvalue weighted by Gasteiger charge is 2.25. The Kier molecular flexibility index (Phi) is 105. The third kappa shape index (κ3) is 97.1. The van der Waals surface area contributed by atoms with Gasteiger partial charge in [0, 0.05) is 96.6 Å². The Balaban J connectivity index is -0.000000102. The third-order valence-electron chi connectivity index (χ3n) is 15.9. The highest BCUT2D eigenvalue weighted by atomic mass is 35.5. The number of nitrogens with zero attached hydrogens (tertiary/aromatic N) is 11. The number of alkyl halides is 6. The summed E-state index contributed by atoms with van der Waals surface area (Å²) in [7, 11) is 34.8. The lowest BCUT2D eigenvalue weighted by atomic mass is 10.2.